The maximum absolute atomic E-state index is 13.6. The molecule has 1 aromatic heterocycles. The molecule has 7 heteroatoms. The second-order valence-corrected chi connectivity index (χ2v) is 8.94. The topological polar surface area (TPSA) is 49.8 Å². The van der Waals surface area contributed by atoms with Crippen LogP contribution in [0.1, 0.15) is 74.5 Å². The Kier molecular flexibility index (Phi) is 6.86. The van der Waals surface area contributed by atoms with Crippen molar-refractivity contribution in [3.63, 3.8) is 0 Å². The summed E-state index contributed by atoms with van der Waals surface area (Å²) in [5.41, 5.74) is 2.71. The number of alkyl halides is 3. The number of hydrogen-bond donors (Lipinski definition) is 2. The van der Waals surface area contributed by atoms with Gasteiger partial charge in [-0.15, -0.1) is 0 Å². The second kappa shape index (κ2) is 9.81. The van der Waals surface area contributed by atoms with Crippen LogP contribution in [0.5, 0.6) is 0 Å². The summed E-state index contributed by atoms with van der Waals surface area (Å²) < 4.78 is 40.8. The van der Waals surface area contributed by atoms with Crippen LogP contribution >= 0.6 is 0 Å². The van der Waals surface area contributed by atoms with Gasteiger partial charge in [0.25, 0.3) is 0 Å². The molecule has 1 aliphatic rings. The fourth-order valence-corrected chi connectivity index (χ4v) is 4.26. The molecule has 2 N–H and O–H groups in total. The van der Waals surface area contributed by atoms with Crippen molar-refractivity contribution in [2.45, 2.75) is 64.0 Å². The maximum atomic E-state index is 13.6. The summed E-state index contributed by atoms with van der Waals surface area (Å²) >= 11 is 0. The van der Waals surface area contributed by atoms with Crippen LogP contribution in [0, 0.1) is 0 Å². The van der Waals surface area contributed by atoms with E-state index in [1.54, 1.807) is 6.07 Å². The molecule has 0 bridgehead atoms. The Morgan fingerprint density at radius 3 is 2.30 bits per heavy atom. The molecule has 33 heavy (non-hydrogen) atoms. The smallest absolute Gasteiger partial charge is 0.340 e. The van der Waals surface area contributed by atoms with E-state index in [4.69, 9.17) is 0 Å². The van der Waals surface area contributed by atoms with Gasteiger partial charge in [0.15, 0.2) is 0 Å². The van der Waals surface area contributed by atoms with Gasteiger partial charge >= 0.3 is 6.18 Å². The van der Waals surface area contributed by atoms with E-state index in [1.165, 1.54) is 37.7 Å². The van der Waals surface area contributed by atoms with E-state index >= 15 is 0 Å². The first kappa shape index (κ1) is 23.1. The zero-order valence-electron chi connectivity index (χ0n) is 18.9. The van der Waals surface area contributed by atoms with E-state index < -0.39 is 11.7 Å². The zero-order chi connectivity index (χ0) is 23.4. The van der Waals surface area contributed by atoms with E-state index in [0.717, 1.165) is 17.4 Å². The number of aromatic nitrogens is 2. The van der Waals surface area contributed by atoms with Gasteiger partial charge in [0.1, 0.15) is 11.4 Å². The lowest BCUT2D eigenvalue weighted by Crippen LogP contribution is -2.12. The Labute approximate surface area is 192 Å². The van der Waals surface area contributed by atoms with Gasteiger partial charge in [-0.05, 0) is 60.1 Å². The quantitative estimate of drug-likeness (QED) is 0.394. The third-order valence-corrected chi connectivity index (χ3v) is 6.15. The Morgan fingerprint density at radius 1 is 0.909 bits per heavy atom. The predicted molar refractivity (Wildman–Crippen MR) is 126 cm³/mol. The monoisotopic (exact) mass is 454 g/mol. The van der Waals surface area contributed by atoms with Gasteiger partial charge in [0.2, 0.25) is 5.95 Å². The van der Waals surface area contributed by atoms with E-state index in [0.29, 0.717) is 11.6 Å². The van der Waals surface area contributed by atoms with E-state index in [2.05, 4.69) is 32.7 Å². The molecule has 0 spiro atoms. The minimum Gasteiger partial charge on any atom is -0.340 e. The predicted octanol–water partition coefficient (Wildman–Crippen LogP) is 8.15. The molecule has 3 aromatic rings. The van der Waals surface area contributed by atoms with E-state index in [9.17, 15) is 13.2 Å². The minimum atomic E-state index is -4.57. The first-order chi connectivity index (χ1) is 15.8. The van der Waals surface area contributed by atoms with Crippen LogP contribution in [0.25, 0.3) is 0 Å². The Hall–Kier alpha value is -3.09. The first-order valence-electron chi connectivity index (χ1n) is 11.5. The van der Waals surface area contributed by atoms with Crippen molar-refractivity contribution >= 4 is 23.1 Å². The highest BCUT2D eigenvalue weighted by Gasteiger charge is 2.35. The fraction of sp³-hybridized carbons (Fsp3) is 0.385. The zero-order valence-corrected chi connectivity index (χ0v) is 18.9. The molecular formula is C26H29F3N4. The van der Waals surface area contributed by atoms with Crippen LogP contribution in [-0.2, 0) is 6.18 Å². The average Bonchev–Trinajstić information content (AvgIpc) is 2.80. The summed E-state index contributed by atoms with van der Waals surface area (Å²) in [5.74, 6) is 0.677. The molecule has 0 radical (unpaired) electrons. The number of benzene rings is 2. The molecule has 1 fully saturated rings. The van der Waals surface area contributed by atoms with Gasteiger partial charge in [0, 0.05) is 17.6 Å². The van der Waals surface area contributed by atoms with Gasteiger partial charge in [-0.2, -0.15) is 18.2 Å². The molecule has 2 aromatic carbocycles. The molecule has 0 atom stereocenters. The highest BCUT2D eigenvalue weighted by molar-refractivity contribution is 5.63. The summed E-state index contributed by atoms with van der Waals surface area (Å²) in [6, 6.07) is 15.4. The highest BCUT2D eigenvalue weighted by atomic mass is 19.4. The lowest BCUT2D eigenvalue weighted by molar-refractivity contribution is -0.137. The molecule has 0 unspecified atom stereocenters. The summed E-state index contributed by atoms with van der Waals surface area (Å²) in [7, 11) is 0. The van der Waals surface area contributed by atoms with Crippen LogP contribution in [0.2, 0.25) is 0 Å². The van der Waals surface area contributed by atoms with Crippen LogP contribution in [0.3, 0.4) is 0 Å². The van der Waals surface area contributed by atoms with Gasteiger partial charge in [-0.25, -0.2) is 4.98 Å². The van der Waals surface area contributed by atoms with Crippen molar-refractivity contribution in [2.75, 3.05) is 10.6 Å². The number of anilines is 4. The average molecular weight is 455 g/mol. The van der Waals surface area contributed by atoms with Crippen LogP contribution in [0.4, 0.5) is 36.3 Å². The lowest BCUT2D eigenvalue weighted by Gasteiger charge is -2.22. The SMILES string of the molecule is CC(C)c1cccc(Nc2nc(Nc3ccc(C4CCCCC4)cc3)ncc2C(F)(F)F)c1. The highest BCUT2D eigenvalue weighted by Crippen LogP contribution is 2.36. The molecule has 1 saturated carbocycles. The molecule has 4 nitrogen and oxygen atoms in total. The molecule has 0 saturated heterocycles. The summed E-state index contributed by atoms with van der Waals surface area (Å²) in [5, 5.41) is 5.88. The first-order valence-corrected chi connectivity index (χ1v) is 11.5. The van der Waals surface area contributed by atoms with Crippen LogP contribution < -0.4 is 10.6 Å². The van der Waals surface area contributed by atoms with E-state index in [-0.39, 0.29) is 17.7 Å². The standard InChI is InChI=1S/C26H29F3N4/c1-17(2)20-9-6-10-22(15-20)31-24-23(26(27,28)29)16-30-25(33-24)32-21-13-11-19(12-14-21)18-7-4-3-5-8-18/h6,9-18H,3-5,7-8H2,1-2H3,(H2,30,31,32,33). The third-order valence-electron chi connectivity index (χ3n) is 6.15. The summed E-state index contributed by atoms with van der Waals surface area (Å²) in [4.78, 5) is 8.08. The summed E-state index contributed by atoms with van der Waals surface area (Å²) in [6.45, 7) is 4.07. The van der Waals surface area contributed by atoms with Crippen molar-refractivity contribution in [2.24, 2.45) is 0 Å². The molecule has 174 valence electrons. The molecular weight excluding hydrogens is 425 g/mol. The van der Waals surface area contributed by atoms with Crippen molar-refractivity contribution in [3.8, 4) is 0 Å². The second-order valence-electron chi connectivity index (χ2n) is 8.94. The van der Waals surface area contributed by atoms with E-state index in [1.807, 2.05) is 44.2 Å². The number of nitrogens with zero attached hydrogens (tertiary/aromatic N) is 2. The normalized spacial score (nSPS) is 15.0. The van der Waals surface area contributed by atoms with Gasteiger partial charge in [0.05, 0.1) is 0 Å². The maximum Gasteiger partial charge on any atom is 0.421 e. The molecule has 4 rings (SSSR count). The number of hydrogen-bond acceptors (Lipinski definition) is 4. The molecule has 0 amide bonds. The molecule has 1 heterocycles. The van der Waals surface area contributed by atoms with Gasteiger partial charge in [-0.1, -0.05) is 57.4 Å². The Balaban J connectivity index is 1.56. The van der Waals surface area contributed by atoms with Crippen molar-refractivity contribution in [3.05, 3.63) is 71.4 Å². The third kappa shape index (κ3) is 5.83. The van der Waals surface area contributed by atoms with Crippen LogP contribution in [-0.4, -0.2) is 9.97 Å². The number of halogens is 3. The van der Waals surface area contributed by atoms with Gasteiger partial charge in [-0.3, -0.25) is 0 Å². The Bertz CT molecular complexity index is 1070. The number of rotatable bonds is 6. The lowest BCUT2D eigenvalue weighted by atomic mass is 9.84. The Morgan fingerprint density at radius 2 is 1.64 bits per heavy atom. The largest absolute Gasteiger partial charge is 0.421 e. The molecule has 0 aliphatic heterocycles. The van der Waals surface area contributed by atoms with Crippen molar-refractivity contribution in [1.29, 1.82) is 0 Å². The van der Waals surface area contributed by atoms with Crippen LogP contribution in [0.15, 0.2) is 54.7 Å². The van der Waals surface area contributed by atoms with Crippen molar-refractivity contribution < 1.29 is 13.2 Å². The van der Waals surface area contributed by atoms with Gasteiger partial charge < -0.3 is 10.6 Å². The number of nitrogens with one attached hydrogen (secondary N) is 2. The fourth-order valence-electron chi connectivity index (χ4n) is 4.26. The minimum absolute atomic E-state index is 0.107. The van der Waals surface area contributed by atoms with Crippen molar-refractivity contribution in [1.82, 2.24) is 9.97 Å². The summed E-state index contributed by atoms with van der Waals surface area (Å²) in [6.07, 6.45) is 2.50. The molecule has 1 aliphatic carbocycles.